The fourth-order valence-corrected chi connectivity index (χ4v) is 2.32. The van der Waals surface area contributed by atoms with Gasteiger partial charge in [0.15, 0.2) is 0 Å². The van der Waals surface area contributed by atoms with E-state index in [1.54, 1.807) is 24.3 Å². The van der Waals surface area contributed by atoms with Crippen molar-refractivity contribution in [2.45, 2.75) is 0 Å². The van der Waals surface area contributed by atoms with E-state index in [1.165, 1.54) is 12.4 Å². The number of rotatable bonds is 2. The number of pyridine rings is 1. The Morgan fingerprint density at radius 3 is 2.62 bits per heavy atom. The van der Waals surface area contributed by atoms with Gasteiger partial charge in [0.2, 0.25) is 5.82 Å². The molecule has 102 valence electrons. The van der Waals surface area contributed by atoms with Crippen molar-refractivity contribution < 1.29 is 4.52 Å². The van der Waals surface area contributed by atoms with E-state index in [1.807, 2.05) is 0 Å². The topological polar surface area (TPSA) is 75.6 Å². The van der Waals surface area contributed by atoms with Gasteiger partial charge in [0.05, 0.1) is 27.2 Å². The number of halogens is 2. The van der Waals surface area contributed by atoms with Gasteiger partial charge in [0.1, 0.15) is 0 Å². The first-order valence-corrected chi connectivity index (χ1v) is 6.58. The molecule has 0 saturated heterocycles. The third kappa shape index (κ3) is 2.59. The summed E-state index contributed by atoms with van der Waals surface area (Å²) in [7, 11) is 0. The van der Waals surface area contributed by atoms with E-state index in [4.69, 9.17) is 33.0 Å². The lowest BCUT2D eigenvalue weighted by Gasteiger charge is -1.99. The lowest BCUT2D eigenvalue weighted by Crippen LogP contribution is -1.86. The summed E-state index contributed by atoms with van der Waals surface area (Å²) in [6.07, 6.45) is 2.91. The fraction of sp³-hybridized carbons (Fsp3) is 0. The maximum atomic E-state index is 8.91. The smallest absolute Gasteiger partial charge is 0.258 e. The second-order valence-corrected chi connectivity index (χ2v) is 4.91. The molecule has 0 aliphatic rings. The molecule has 2 aromatic heterocycles. The number of benzene rings is 1. The molecule has 0 amide bonds. The predicted molar refractivity (Wildman–Crippen MR) is 77.7 cm³/mol. The van der Waals surface area contributed by atoms with Crippen molar-refractivity contribution in [1.82, 2.24) is 15.1 Å². The Morgan fingerprint density at radius 2 is 1.90 bits per heavy atom. The van der Waals surface area contributed by atoms with Crippen molar-refractivity contribution in [3.63, 3.8) is 0 Å². The number of nitrogens with zero attached hydrogens (tertiary/aromatic N) is 4. The molecule has 3 rings (SSSR count). The Bertz CT molecular complexity index is 834. The van der Waals surface area contributed by atoms with Gasteiger partial charge in [-0.3, -0.25) is 4.98 Å². The third-order valence-corrected chi connectivity index (χ3v) is 3.31. The molecule has 0 N–H and O–H groups in total. The number of nitriles is 1. The first-order chi connectivity index (χ1) is 10.2. The van der Waals surface area contributed by atoms with Crippen LogP contribution in [-0.4, -0.2) is 15.1 Å². The predicted octanol–water partition coefficient (Wildman–Crippen LogP) is 3.98. The zero-order chi connectivity index (χ0) is 14.8. The normalized spacial score (nSPS) is 10.3. The largest absolute Gasteiger partial charge is 0.334 e. The molecule has 0 aliphatic carbocycles. The standard InChI is InChI=1S/C14H6Cl2N4O/c15-10-6-18-7-11(16)12(10)13-19-14(21-20-13)9-3-1-2-8(4-9)5-17/h1-4,6-7H. The quantitative estimate of drug-likeness (QED) is 0.714. The number of hydrogen-bond donors (Lipinski definition) is 0. The third-order valence-electron chi connectivity index (χ3n) is 2.74. The van der Waals surface area contributed by atoms with Gasteiger partial charge in [-0.1, -0.05) is 34.4 Å². The van der Waals surface area contributed by atoms with Crippen LogP contribution in [0.4, 0.5) is 0 Å². The van der Waals surface area contributed by atoms with E-state index in [0.717, 1.165) is 0 Å². The summed E-state index contributed by atoms with van der Waals surface area (Å²) >= 11 is 12.1. The van der Waals surface area contributed by atoms with Gasteiger partial charge < -0.3 is 4.52 Å². The summed E-state index contributed by atoms with van der Waals surface area (Å²) in [5.74, 6) is 0.552. The van der Waals surface area contributed by atoms with Gasteiger partial charge in [-0.25, -0.2) is 0 Å². The molecule has 2 heterocycles. The average Bonchev–Trinajstić information content (AvgIpc) is 2.97. The zero-order valence-electron chi connectivity index (χ0n) is 10.4. The van der Waals surface area contributed by atoms with Crippen LogP contribution < -0.4 is 0 Å². The monoisotopic (exact) mass is 316 g/mol. The first kappa shape index (κ1) is 13.6. The van der Waals surface area contributed by atoms with Crippen LogP contribution in [0.15, 0.2) is 41.2 Å². The Morgan fingerprint density at radius 1 is 1.14 bits per heavy atom. The van der Waals surface area contributed by atoms with Crippen LogP contribution in [0.2, 0.25) is 10.0 Å². The van der Waals surface area contributed by atoms with E-state index in [-0.39, 0.29) is 11.7 Å². The maximum absolute atomic E-state index is 8.91. The highest BCUT2D eigenvalue weighted by Gasteiger charge is 2.16. The van der Waals surface area contributed by atoms with E-state index in [0.29, 0.717) is 26.7 Å². The van der Waals surface area contributed by atoms with Crippen molar-refractivity contribution in [2.24, 2.45) is 0 Å². The lowest BCUT2D eigenvalue weighted by molar-refractivity contribution is 0.432. The zero-order valence-corrected chi connectivity index (χ0v) is 11.9. The highest BCUT2D eigenvalue weighted by Crippen LogP contribution is 2.32. The van der Waals surface area contributed by atoms with Crippen molar-refractivity contribution >= 4 is 23.2 Å². The summed E-state index contributed by atoms with van der Waals surface area (Å²) < 4.78 is 5.21. The minimum atomic E-state index is 0.268. The molecule has 0 aliphatic heterocycles. The van der Waals surface area contributed by atoms with Crippen LogP contribution >= 0.6 is 23.2 Å². The molecule has 0 radical (unpaired) electrons. The van der Waals surface area contributed by atoms with Crippen LogP contribution in [0.25, 0.3) is 22.8 Å². The molecule has 0 spiro atoms. The SMILES string of the molecule is N#Cc1cccc(-c2nc(-c3c(Cl)cncc3Cl)no2)c1. The molecule has 1 aromatic carbocycles. The van der Waals surface area contributed by atoms with Crippen LogP contribution in [0, 0.1) is 11.3 Å². The molecule has 5 nitrogen and oxygen atoms in total. The molecule has 21 heavy (non-hydrogen) atoms. The molecule has 7 heteroatoms. The molecule has 0 saturated carbocycles. The van der Waals surface area contributed by atoms with Crippen LogP contribution in [0.5, 0.6) is 0 Å². The summed E-state index contributed by atoms with van der Waals surface area (Å²) in [5, 5.41) is 13.4. The van der Waals surface area contributed by atoms with Crippen molar-refractivity contribution in [2.75, 3.05) is 0 Å². The maximum Gasteiger partial charge on any atom is 0.258 e. The van der Waals surface area contributed by atoms with Crippen molar-refractivity contribution in [3.05, 3.63) is 52.3 Å². The minimum Gasteiger partial charge on any atom is -0.334 e. The summed E-state index contributed by atoms with van der Waals surface area (Å²) in [5.41, 5.74) is 1.61. The minimum absolute atomic E-state index is 0.268. The van der Waals surface area contributed by atoms with Gasteiger partial charge >= 0.3 is 0 Å². The lowest BCUT2D eigenvalue weighted by atomic mass is 10.1. The molecule has 0 atom stereocenters. The van der Waals surface area contributed by atoms with Crippen LogP contribution in [0.3, 0.4) is 0 Å². The Hall–Kier alpha value is -2.42. The molecular formula is C14H6Cl2N4O. The molecule has 0 unspecified atom stereocenters. The number of aromatic nitrogens is 3. The van der Waals surface area contributed by atoms with Gasteiger partial charge in [-0.05, 0) is 18.2 Å². The van der Waals surface area contributed by atoms with Crippen molar-refractivity contribution in [1.29, 1.82) is 5.26 Å². The summed E-state index contributed by atoms with van der Waals surface area (Å²) in [6.45, 7) is 0. The van der Waals surface area contributed by atoms with Gasteiger partial charge in [-0.15, -0.1) is 0 Å². The molecule has 3 aromatic rings. The number of hydrogen-bond acceptors (Lipinski definition) is 5. The highest BCUT2D eigenvalue weighted by molar-refractivity contribution is 6.38. The van der Waals surface area contributed by atoms with Gasteiger partial charge in [-0.2, -0.15) is 10.2 Å². The molecule has 0 fully saturated rings. The van der Waals surface area contributed by atoms with Gasteiger partial charge in [0, 0.05) is 18.0 Å². The van der Waals surface area contributed by atoms with E-state index in [2.05, 4.69) is 21.2 Å². The Balaban J connectivity index is 2.06. The van der Waals surface area contributed by atoms with E-state index in [9.17, 15) is 0 Å². The Kier molecular flexibility index (Phi) is 3.57. The van der Waals surface area contributed by atoms with E-state index < -0.39 is 0 Å². The van der Waals surface area contributed by atoms with Crippen LogP contribution in [-0.2, 0) is 0 Å². The van der Waals surface area contributed by atoms with Gasteiger partial charge in [0.25, 0.3) is 5.89 Å². The second kappa shape index (κ2) is 5.52. The summed E-state index contributed by atoms with van der Waals surface area (Å²) in [6, 6.07) is 8.92. The molecule has 0 bridgehead atoms. The van der Waals surface area contributed by atoms with E-state index >= 15 is 0 Å². The highest BCUT2D eigenvalue weighted by atomic mass is 35.5. The van der Waals surface area contributed by atoms with Crippen molar-refractivity contribution in [3.8, 4) is 28.9 Å². The molecular weight excluding hydrogens is 311 g/mol. The Labute approximate surface area is 129 Å². The van der Waals surface area contributed by atoms with Crippen LogP contribution in [0.1, 0.15) is 5.56 Å². The fourth-order valence-electron chi connectivity index (χ4n) is 1.79. The summed E-state index contributed by atoms with van der Waals surface area (Å²) in [4.78, 5) is 8.14. The second-order valence-electron chi connectivity index (χ2n) is 4.09. The first-order valence-electron chi connectivity index (χ1n) is 5.82. The average molecular weight is 317 g/mol.